The molecule has 0 aliphatic rings. The molecule has 3 nitrogen and oxygen atoms in total. The van der Waals surface area contributed by atoms with Crippen LogP contribution < -0.4 is 0 Å². The third-order valence-corrected chi connectivity index (χ3v) is 8.51. The summed E-state index contributed by atoms with van der Waals surface area (Å²) in [6, 6.07) is 38.5. The Labute approximate surface area is 244 Å². The standard InChI is InChI=1S/C39H28N2O/c1-23-8-6-9-24(2)37(23)34-17-15-28-21-33(25(3)20-35(28)41-34)27-18-19-40-36(22-27)32-13-7-12-30-31-16-14-26-10-4-5-11-29(26)38(31)42-39(30)32/h4-22H,1-3H3. The van der Waals surface area contributed by atoms with E-state index in [2.05, 4.69) is 130 Å². The van der Waals surface area contributed by atoms with Gasteiger partial charge < -0.3 is 4.42 Å². The molecule has 0 radical (unpaired) electrons. The van der Waals surface area contributed by atoms with Crippen LogP contribution in [0.1, 0.15) is 16.7 Å². The molecular formula is C39H28N2O. The number of rotatable bonds is 3. The fourth-order valence-electron chi connectivity index (χ4n) is 6.42. The van der Waals surface area contributed by atoms with E-state index in [1.165, 1.54) is 33.2 Å². The van der Waals surface area contributed by atoms with Crippen molar-refractivity contribution in [2.24, 2.45) is 0 Å². The Hall–Kier alpha value is -5.28. The molecule has 42 heavy (non-hydrogen) atoms. The topological polar surface area (TPSA) is 38.9 Å². The molecule has 0 saturated carbocycles. The van der Waals surface area contributed by atoms with Gasteiger partial charge in [-0.3, -0.25) is 4.98 Å². The molecule has 0 aliphatic carbocycles. The van der Waals surface area contributed by atoms with Gasteiger partial charge in [0, 0.05) is 38.9 Å². The zero-order valence-electron chi connectivity index (χ0n) is 23.8. The number of nitrogens with zero attached hydrogens (tertiary/aromatic N) is 2. The van der Waals surface area contributed by atoms with E-state index in [-0.39, 0.29) is 0 Å². The molecule has 3 heterocycles. The van der Waals surface area contributed by atoms with Crippen molar-refractivity contribution in [3.63, 3.8) is 0 Å². The Bertz CT molecular complexity index is 2320. The fraction of sp³-hybridized carbons (Fsp3) is 0.0769. The normalized spacial score (nSPS) is 11.7. The summed E-state index contributed by atoms with van der Waals surface area (Å²) in [7, 11) is 0. The molecule has 200 valence electrons. The van der Waals surface area contributed by atoms with Gasteiger partial charge in [-0.2, -0.15) is 0 Å². The van der Waals surface area contributed by atoms with Crippen LogP contribution in [0.5, 0.6) is 0 Å². The van der Waals surface area contributed by atoms with Crippen molar-refractivity contribution in [1.82, 2.24) is 9.97 Å². The van der Waals surface area contributed by atoms with Gasteiger partial charge in [0.25, 0.3) is 0 Å². The minimum Gasteiger partial charge on any atom is -0.455 e. The van der Waals surface area contributed by atoms with Crippen LogP contribution in [0.25, 0.3) is 77.3 Å². The molecule has 0 saturated heterocycles. The molecule has 0 bridgehead atoms. The summed E-state index contributed by atoms with van der Waals surface area (Å²) in [4.78, 5) is 9.88. The van der Waals surface area contributed by atoms with Gasteiger partial charge in [0.1, 0.15) is 11.2 Å². The monoisotopic (exact) mass is 540 g/mol. The first-order chi connectivity index (χ1) is 20.5. The first kappa shape index (κ1) is 24.5. The first-order valence-corrected chi connectivity index (χ1v) is 14.3. The van der Waals surface area contributed by atoms with Crippen LogP contribution >= 0.6 is 0 Å². The molecule has 8 aromatic rings. The molecule has 0 unspecified atom stereocenters. The van der Waals surface area contributed by atoms with Gasteiger partial charge in [0.05, 0.1) is 16.9 Å². The van der Waals surface area contributed by atoms with Crippen molar-refractivity contribution in [2.75, 3.05) is 0 Å². The van der Waals surface area contributed by atoms with Gasteiger partial charge in [-0.05, 0) is 96.4 Å². The highest BCUT2D eigenvalue weighted by Gasteiger charge is 2.16. The van der Waals surface area contributed by atoms with Crippen molar-refractivity contribution >= 4 is 43.6 Å². The Balaban J connectivity index is 1.24. The number of pyridine rings is 2. The van der Waals surface area contributed by atoms with Crippen LogP contribution in [-0.4, -0.2) is 9.97 Å². The van der Waals surface area contributed by atoms with Gasteiger partial charge in [0.2, 0.25) is 0 Å². The molecular weight excluding hydrogens is 512 g/mol. The Kier molecular flexibility index (Phi) is 5.48. The number of furan rings is 1. The van der Waals surface area contributed by atoms with Crippen LogP contribution in [0.2, 0.25) is 0 Å². The van der Waals surface area contributed by atoms with Crippen LogP contribution in [0.3, 0.4) is 0 Å². The number of hydrogen-bond acceptors (Lipinski definition) is 3. The second-order valence-corrected chi connectivity index (χ2v) is 11.2. The van der Waals surface area contributed by atoms with Crippen molar-refractivity contribution in [3.05, 3.63) is 132 Å². The molecule has 0 amide bonds. The molecule has 8 rings (SSSR count). The quantitative estimate of drug-likeness (QED) is 0.224. The third-order valence-electron chi connectivity index (χ3n) is 8.51. The second-order valence-electron chi connectivity index (χ2n) is 11.2. The maximum atomic E-state index is 6.59. The minimum atomic E-state index is 0.868. The molecule has 0 fully saturated rings. The van der Waals surface area contributed by atoms with E-state index in [9.17, 15) is 0 Å². The van der Waals surface area contributed by atoms with Crippen molar-refractivity contribution in [2.45, 2.75) is 20.8 Å². The smallest absolute Gasteiger partial charge is 0.144 e. The average Bonchev–Trinajstić information content (AvgIpc) is 3.40. The lowest BCUT2D eigenvalue weighted by molar-refractivity contribution is 0.673. The van der Waals surface area contributed by atoms with Crippen LogP contribution in [0.15, 0.2) is 120 Å². The summed E-state index contributed by atoms with van der Waals surface area (Å²) >= 11 is 0. The molecule has 0 atom stereocenters. The minimum absolute atomic E-state index is 0.868. The Morgan fingerprint density at radius 1 is 0.524 bits per heavy atom. The zero-order chi connectivity index (χ0) is 28.4. The van der Waals surface area contributed by atoms with Gasteiger partial charge in [-0.15, -0.1) is 0 Å². The van der Waals surface area contributed by atoms with Crippen LogP contribution in [0, 0.1) is 20.8 Å². The third kappa shape index (κ3) is 3.82. The van der Waals surface area contributed by atoms with Crippen molar-refractivity contribution < 1.29 is 4.42 Å². The van der Waals surface area contributed by atoms with Crippen LogP contribution in [0.4, 0.5) is 0 Å². The molecule has 5 aromatic carbocycles. The maximum absolute atomic E-state index is 6.59. The molecule has 0 spiro atoms. The van der Waals surface area contributed by atoms with E-state index in [0.717, 1.165) is 60.7 Å². The van der Waals surface area contributed by atoms with Crippen LogP contribution in [-0.2, 0) is 0 Å². The van der Waals surface area contributed by atoms with E-state index in [0.29, 0.717) is 0 Å². The number of para-hydroxylation sites is 1. The van der Waals surface area contributed by atoms with Crippen molar-refractivity contribution in [3.8, 4) is 33.6 Å². The zero-order valence-corrected chi connectivity index (χ0v) is 23.8. The number of aryl methyl sites for hydroxylation is 3. The van der Waals surface area contributed by atoms with Crippen molar-refractivity contribution in [1.29, 1.82) is 0 Å². The van der Waals surface area contributed by atoms with Gasteiger partial charge in [-0.1, -0.05) is 66.7 Å². The first-order valence-electron chi connectivity index (χ1n) is 14.3. The average molecular weight is 541 g/mol. The highest BCUT2D eigenvalue weighted by Crippen LogP contribution is 2.39. The fourth-order valence-corrected chi connectivity index (χ4v) is 6.42. The lowest BCUT2D eigenvalue weighted by Crippen LogP contribution is -1.93. The molecule has 3 heteroatoms. The lowest BCUT2D eigenvalue weighted by atomic mass is 9.95. The summed E-state index contributed by atoms with van der Waals surface area (Å²) in [5, 5.41) is 5.65. The maximum Gasteiger partial charge on any atom is 0.144 e. The highest BCUT2D eigenvalue weighted by atomic mass is 16.3. The van der Waals surface area contributed by atoms with Gasteiger partial charge >= 0.3 is 0 Å². The Morgan fingerprint density at radius 3 is 2.17 bits per heavy atom. The summed E-state index contributed by atoms with van der Waals surface area (Å²) in [5.74, 6) is 0. The lowest BCUT2D eigenvalue weighted by Gasteiger charge is -2.13. The summed E-state index contributed by atoms with van der Waals surface area (Å²) in [6.07, 6.45) is 1.90. The predicted molar refractivity (Wildman–Crippen MR) is 175 cm³/mol. The van der Waals surface area contributed by atoms with E-state index < -0.39 is 0 Å². The summed E-state index contributed by atoms with van der Waals surface area (Å²) in [6.45, 7) is 6.46. The largest absolute Gasteiger partial charge is 0.455 e. The van der Waals surface area contributed by atoms with E-state index >= 15 is 0 Å². The Morgan fingerprint density at radius 2 is 1.29 bits per heavy atom. The molecule has 3 aromatic heterocycles. The second kappa shape index (κ2) is 9.39. The SMILES string of the molecule is Cc1cc2nc(-c3c(C)cccc3C)ccc2cc1-c1ccnc(-c2cccc3c2oc2c4ccccc4ccc32)c1. The molecule has 0 aliphatic heterocycles. The molecule has 0 N–H and O–H groups in total. The van der Waals surface area contributed by atoms with E-state index in [1.54, 1.807) is 0 Å². The number of aromatic nitrogens is 2. The number of hydrogen-bond donors (Lipinski definition) is 0. The summed E-state index contributed by atoms with van der Waals surface area (Å²) in [5.41, 5.74) is 12.9. The van der Waals surface area contributed by atoms with E-state index in [4.69, 9.17) is 14.4 Å². The summed E-state index contributed by atoms with van der Waals surface area (Å²) < 4.78 is 6.59. The van der Waals surface area contributed by atoms with E-state index in [1.807, 2.05) is 6.20 Å². The van der Waals surface area contributed by atoms with Gasteiger partial charge in [-0.25, -0.2) is 4.98 Å². The highest BCUT2D eigenvalue weighted by molar-refractivity contribution is 6.17. The van der Waals surface area contributed by atoms with Gasteiger partial charge in [0.15, 0.2) is 0 Å². The predicted octanol–water partition coefficient (Wildman–Crippen LogP) is 10.6. The number of benzene rings is 5. The number of fused-ring (bicyclic) bond motifs is 6.